The predicted molar refractivity (Wildman–Crippen MR) is 91.5 cm³/mol. The van der Waals surface area contributed by atoms with Crippen molar-refractivity contribution in [2.45, 2.75) is 58.4 Å². The molecule has 1 saturated carbocycles. The third kappa shape index (κ3) is 3.58. The summed E-state index contributed by atoms with van der Waals surface area (Å²) < 4.78 is 0. The molecule has 1 aliphatic heterocycles. The Morgan fingerprint density at radius 1 is 0.952 bits per heavy atom. The van der Waals surface area contributed by atoms with Gasteiger partial charge in [0.25, 0.3) is 0 Å². The highest BCUT2D eigenvalue weighted by atomic mass is 15.2. The fourth-order valence-corrected chi connectivity index (χ4v) is 4.07. The molecular weight excluding hydrogens is 254 g/mol. The van der Waals surface area contributed by atoms with E-state index in [2.05, 4.69) is 49.1 Å². The molecule has 0 aromatic heterocycles. The fraction of sp³-hybridized carbons (Fsp3) is 0.600. The summed E-state index contributed by atoms with van der Waals surface area (Å²) in [6.07, 6.45) is 13.3. The first kappa shape index (κ1) is 14.8. The lowest BCUT2D eigenvalue weighted by molar-refractivity contribution is 0.147. The van der Waals surface area contributed by atoms with Crippen LogP contribution >= 0.6 is 0 Å². The molecule has 1 nitrogen and oxygen atoms in total. The van der Waals surface area contributed by atoms with Crippen molar-refractivity contribution in [3.63, 3.8) is 0 Å². The average Bonchev–Trinajstić information content (AvgIpc) is 3.02. The van der Waals surface area contributed by atoms with Crippen molar-refractivity contribution in [2.24, 2.45) is 5.92 Å². The SMILES string of the molecule is Cc1cccc(C)c1/C=C/C1CCN(C2CCCC2)CC1. The lowest BCUT2D eigenvalue weighted by Crippen LogP contribution is -2.39. The fourth-order valence-electron chi connectivity index (χ4n) is 4.07. The Balaban J connectivity index is 1.56. The minimum Gasteiger partial charge on any atom is -0.300 e. The van der Waals surface area contributed by atoms with Crippen molar-refractivity contribution in [2.75, 3.05) is 13.1 Å². The number of rotatable bonds is 3. The van der Waals surface area contributed by atoms with Gasteiger partial charge in [-0.2, -0.15) is 0 Å². The Hall–Kier alpha value is -1.08. The lowest BCUT2D eigenvalue weighted by atomic mass is 9.93. The van der Waals surface area contributed by atoms with Crippen LogP contribution in [-0.2, 0) is 0 Å². The molecule has 1 heterocycles. The minimum atomic E-state index is 0.779. The van der Waals surface area contributed by atoms with Crippen LogP contribution in [0.15, 0.2) is 24.3 Å². The monoisotopic (exact) mass is 283 g/mol. The molecule has 1 aromatic rings. The highest BCUT2D eigenvalue weighted by Crippen LogP contribution is 2.28. The largest absolute Gasteiger partial charge is 0.300 e. The summed E-state index contributed by atoms with van der Waals surface area (Å²) in [5, 5.41) is 0. The van der Waals surface area contributed by atoms with Crippen LogP contribution in [-0.4, -0.2) is 24.0 Å². The first-order valence-corrected chi connectivity index (χ1v) is 8.72. The second-order valence-corrected chi connectivity index (χ2v) is 6.98. The molecule has 0 amide bonds. The van der Waals surface area contributed by atoms with Gasteiger partial charge in [0.05, 0.1) is 0 Å². The van der Waals surface area contributed by atoms with E-state index in [0.29, 0.717) is 0 Å². The van der Waals surface area contributed by atoms with Crippen molar-refractivity contribution < 1.29 is 0 Å². The Morgan fingerprint density at radius 2 is 1.57 bits per heavy atom. The van der Waals surface area contributed by atoms with E-state index in [1.54, 1.807) is 0 Å². The van der Waals surface area contributed by atoms with Gasteiger partial charge in [-0.25, -0.2) is 0 Å². The highest BCUT2D eigenvalue weighted by Gasteiger charge is 2.26. The molecule has 3 rings (SSSR count). The van der Waals surface area contributed by atoms with E-state index in [9.17, 15) is 0 Å². The van der Waals surface area contributed by atoms with Crippen molar-refractivity contribution in [3.8, 4) is 0 Å². The van der Waals surface area contributed by atoms with Crippen molar-refractivity contribution >= 4 is 6.08 Å². The maximum absolute atomic E-state index is 2.76. The van der Waals surface area contributed by atoms with Crippen molar-refractivity contribution in [1.82, 2.24) is 4.90 Å². The summed E-state index contributed by atoms with van der Waals surface area (Å²) in [4.78, 5) is 2.76. The molecule has 0 spiro atoms. The second kappa shape index (κ2) is 6.79. The van der Waals surface area contributed by atoms with E-state index >= 15 is 0 Å². The molecule has 2 aliphatic rings. The lowest BCUT2D eigenvalue weighted by Gasteiger charge is -2.35. The Bertz CT molecular complexity index is 468. The zero-order valence-electron chi connectivity index (χ0n) is 13.6. The number of aryl methyl sites for hydroxylation is 2. The molecule has 1 aliphatic carbocycles. The number of piperidine rings is 1. The van der Waals surface area contributed by atoms with E-state index in [-0.39, 0.29) is 0 Å². The summed E-state index contributed by atoms with van der Waals surface area (Å²) in [5.41, 5.74) is 4.22. The summed E-state index contributed by atoms with van der Waals surface area (Å²) in [6, 6.07) is 7.50. The van der Waals surface area contributed by atoms with E-state index in [0.717, 1.165) is 12.0 Å². The van der Waals surface area contributed by atoms with Crippen molar-refractivity contribution in [3.05, 3.63) is 41.0 Å². The minimum absolute atomic E-state index is 0.779. The zero-order chi connectivity index (χ0) is 14.7. The maximum Gasteiger partial charge on any atom is 0.00952 e. The Morgan fingerprint density at radius 3 is 2.19 bits per heavy atom. The normalized spacial score (nSPS) is 22.4. The van der Waals surface area contributed by atoms with E-state index < -0.39 is 0 Å². The molecule has 114 valence electrons. The molecular formula is C20H29N. The van der Waals surface area contributed by atoms with Gasteiger partial charge in [-0.15, -0.1) is 0 Å². The van der Waals surface area contributed by atoms with E-state index in [1.807, 2.05) is 0 Å². The zero-order valence-corrected chi connectivity index (χ0v) is 13.6. The molecule has 0 bridgehead atoms. The predicted octanol–water partition coefficient (Wildman–Crippen LogP) is 4.97. The van der Waals surface area contributed by atoms with Gasteiger partial charge >= 0.3 is 0 Å². The van der Waals surface area contributed by atoms with Gasteiger partial charge in [0.2, 0.25) is 0 Å². The number of nitrogens with zero attached hydrogens (tertiary/aromatic N) is 1. The quantitative estimate of drug-likeness (QED) is 0.757. The first-order chi connectivity index (χ1) is 10.2. The number of likely N-dealkylation sites (tertiary alicyclic amines) is 1. The number of hydrogen-bond donors (Lipinski definition) is 0. The molecule has 0 unspecified atom stereocenters. The molecule has 1 heteroatoms. The van der Waals surface area contributed by atoms with Crippen LogP contribution in [0.2, 0.25) is 0 Å². The van der Waals surface area contributed by atoms with E-state index in [1.165, 1.54) is 68.3 Å². The van der Waals surface area contributed by atoms with Gasteiger partial charge in [-0.3, -0.25) is 0 Å². The Labute approximate surface area is 130 Å². The van der Waals surface area contributed by atoms with Crippen molar-refractivity contribution in [1.29, 1.82) is 0 Å². The smallest absolute Gasteiger partial charge is 0.00952 e. The molecule has 2 fully saturated rings. The Kier molecular flexibility index (Phi) is 4.80. The number of allylic oxidation sites excluding steroid dienone is 1. The molecule has 1 saturated heterocycles. The molecule has 0 atom stereocenters. The molecule has 1 aromatic carbocycles. The van der Waals surface area contributed by atoms with Gasteiger partial charge in [0.1, 0.15) is 0 Å². The van der Waals surface area contributed by atoms with Crippen LogP contribution in [0.4, 0.5) is 0 Å². The molecule has 0 N–H and O–H groups in total. The second-order valence-electron chi connectivity index (χ2n) is 6.98. The maximum atomic E-state index is 2.76. The summed E-state index contributed by atoms with van der Waals surface area (Å²) >= 11 is 0. The summed E-state index contributed by atoms with van der Waals surface area (Å²) in [6.45, 7) is 7.06. The standard InChI is InChI=1S/C20H29N/c1-16-6-5-7-17(2)20(16)11-10-18-12-14-21(15-13-18)19-8-3-4-9-19/h5-7,10-11,18-19H,3-4,8-9,12-15H2,1-2H3/b11-10+. The third-order valence-electron chi connectivity index (χ3n) is 5.49. The third-order valence-corrected chi connectivity index (χ3v) is 5.49. The van der Waals surface area contributed by atoms with Gasteiger partial charge < -0.3 is 4.90 Å². The highest BCUT2D eigenvalue weighted by molar-refractivity contribution is 5.57. The van der Waals surface area contributed by atoms with Gasteiger partial charge in [-0.05, 0) is 75.2 Å². The van der Waals surface area contributed by atoms with Crippen LogP contribution < -0.4 is 0 Å². The van der Waals surface area contributed by atoms with Crippen LogP contribution in [0, 0.1) is 19.8 Å². The van der Waals surface area contributed by atoms with Crippen LogP contribution in [0.5, 0.6) is 0 Å². The van der Waals surface area contributed by atoms with Gasteiger partial charge in [-0.1, -0.05) is 43.2 Å². The van der Waals surface area contributed by atoms with Gasteiger partial charge in [0, 0.05) is 6.04 Å². The topological polar surface area (TPSA) is 3.24 Å². The number of hydrogen-bond acceptors (Lipinski definition) is 1. The van der Waals surface area contributed by atoms with Gasteiger partial charge in [0.15, 0.2) is 0 Å². The summed E-state index contributed by atoms with van der Waals surface area (Å²) in [5.74, 6) is 0.779. The number of benzene rings is 1. The van der Waals surface area contributed by atoms with Crippen LogP contribution in [0.3, 0.4) is 0 Å². The average molecular weight is 283 g/mol. The molecule has 21 heavy (non-hydrogen) atoms. The first-order valence-electron chi connectivity index (χ1n) is 8.72. The molecule has 0 radical (unpaired) electrons. The van der Waals surface area contributed by atoms with Crippen LogP contribution in [0.1, 0.15) is 55.2 Å². The van der Waals surface area contributed by atoms with E-state index in [4.69, 9.17) is 0 Å². The summed E-state index contributed by atoms with van der Waals surface area (Å²) in [7, 11) is 0. The van der Waals surface area contributed by atoms with Crippen LogP contribution in [0.25, 0.3) is 6.08 Å².